The lowest BCUT2D eigenvalue weighted by Gasteiger charge is -2.07. The molecule has 0 atom stereocenters. The van der Waals surface area contributed by atoms with Crippen molar-refractivity contribution >= 4 is 17.8 Å². The SMILES string of the molecule is CNC(=O)c1nnn(/N=C\c2ccc([N+](=O)[O-])cc2)c1OCc1ccccc1. The Labute approximate surface area is 159 Å². The minimum atomic E-state index is -0.483. The van der Waals surface area contributed by atoms with Crippen LogP contribution in [0.3, 0.4) is 0 Å². The molecule has 1 aromatic heterocycles. The first-order chi connectivity index (χ1) is 13.6. The molecule has 0 aliphatic rings. The lowest BCUT2D eigenvalue weighted by atomic mass is 10.2. The van der Waals surface area contributed by atoms with Gasteiger partial charge >= 0.3 is 0 Å². The second-order valence-corrected chi connectivity index (χ2v) is 5.58. The summed E-state index contributed by atoms with van der Waals surface area (Å²) in [4.78, 5) is 23.3. The van der Waals surface area contributed by atoms with Crippen molar-refractivity contribution in [3.8, 4) is 5.88 Å². The Balaban J connectivity index is 1.84. The van der Waals surface area contributed by atoms with Crippen LogP contribution in [-0.4, -0.2) is 39.2 Å². The molecule has 0 saturated carbocycles. The molecule has 142 valence electrons. The van der Waals surface area contributed by atoms with Gasteiger partial charge < -0.3 is 10.1 Å². The molecule has 10 heteroatoms. The van der Waals surface area contributed by atoms with Gasteiger partial charge in [-0.05, 0) is 28.5 Å². The van der Waals surface area contributed by atoms with E-state index >= 15 is 0 Å². The molecular weight excluding hydrogens is 364 g/mol. The number of nitro benzene ring substituents is 1. The number of nitrogens with zero attached hydrogens (tertiary/aromatic N) is 5. The fourth-order valence-electron chi connectivity index (χ4n) is 2.26. The van der Waals surface area contributed by atoms with Crippen LogP contribution in [0, 0.1) is 10.1 Å². The maximum Gasteiger partial charge on any atom is 0.277 e. The molecule has 0 bridgehead atoms. The minimum Gasteiger partial charge on any atom is -0.470 e. The van der Waals surface area contributed by atoms with E-state index in [1.807, 2.05) is 30.3 Å². The third kappa shape index (κ3) is 4.36. The van der Waals surface area contributed by atoms with Gasteiger partial charge in [0.25, 0.3) is 17.5 Å². The molecule has 0 aliphatic heterocycles. The molecule has 0 spiro atoms. The number of carbonyl (C=O) groups excluding carboxylic acids is 1. The first-order valence-corrected chi connectivity index (χ1v) is 8.22. The van der Waals surface area contributed by atoms with Crippen molar-refractivity contribution in [3.63, 3.8) is 0 Å². The Bertz CT molecular complexity index is 999. The highest BCUT2D eigenvalue weighted by Gasteiger charge is 2.20. The number of carbonyl (C=O) groups is 1. The average molecular weight is 380 g/mol. The molecule has 0 radical (unpaired) electrons. The van der Waals surface area contributed by atoms with Crippen LogP contribution in [0.1, 0.15) is 21.6 Å². The van der Waals surface area contributed by atoms with E-state index in [2.05, 4.69) is 20.7 Å². The van der Waals surface area contributed by atoms with Gasteiger partial charge in [0.15, 0.2) is 0 Å². The van der Waals surface area contributed by atoms with Crippen molar-refractivity contribution in [2.24, 2.45) is 5.10 Å². The molecule has 0 fully saturated rings. The van der Waals surface area contributed by atoms with Crippen molar-refractivity contribution in [1.82, 2.24) is 20.4 Å². The van der Waals surface area contributed by atoms with Crippen molar-refractivity contribution < 1.29 is 14.5 Å². The van der Waals surface area contributed by atoms with Gasteiger partial charge in [-0.2, -0.15) is 5.10 Å². The summed E-state index contributed by atoms with van der Waals surface area (Å²) >= 11 is 0. The van der Waals surface area contributed by atoms with Crippen LogP contribution in [0.25, 0.3) is 0 Å². The highest BCUT2D eigenvalue weighted by molar-refractivity contribution is 5.94. The fraction of sp³-hybridized carbons (Fsp3) is 0.111. The highest BCUT2D eigenvalue weighted by atomic mass is 16.6. The number of ether oxygens (including phenoxy) is 1. The lowest BCUT2D eigenvalue weighted by Crippen LogP contribution is -2.19. The van der Waals surface area contributed by atoms with E-state index in [1.54, 1.807) is 12.1 Å². The van der Waals surface area contributed by atoms with Crippen LogP contribution in [0.4, 0.5) is 5.69 Å². The summed E-state index contributed by atoms with van der Waals surface area (Å²) in [6, 6.07) is 15.2. The largest absolute Gasteiger partial charge is 0.470 e. The number of aromatic nitrogens is 3. The van der Waals surface area contributed by atoms with Crippen LogP contribution in [0.2, 0.25) is 0 Å². The lowest BCUT2D eigenvalue weighted by molar-refractivity contribution is -0.384. The maximum absolute atomic E-state index is 12.0. The van der Waals surface area contributed by atoms with Crippen LogP contribution in [0.15, 0.2) is 59.7 Å². The van der Waals surface area contributed by atoms with Crippen LogP contribution in [-0.2, 0) is 6.61 Å². The van der Waals surface area contributed by atoms with Gasteiger partial charge in [0.05, 0.1) is 11.1 Å². The summed E-state index contributed by atoms with van der Waals surface area (Å²) in [6.45, 7) is 0.200. The Morgan fingerprint density at radius 1 is 1.25 bits per heavy atom. The normalized spacial score (nSPS) is 10.8. The van der Waals surface area contributed by atoms with Crippen molar-refractivity contribution in [2.45, 2.75) is 6.61 Å². The van der Waals surface area contributed by atoms with E-state index in [4.69, 9.17) is 4.74 Å². The number of rotatable bonds is 7. The Morgan fingerprint density at radius 3 is 2.61 bits per heavy atom. The standard InChI is InChI=1S/C18H16N6O4/c1-19-17(25)16-18(28-12-14-5-3-2-4-6-14)23(22-21-16)20-11-13-7-9-15(10-8-13)24(26)27/h2-11H,12H2,1H3,(H,19,25)/b20-11-. The number of nitro groups is 1. The molecular formula is C18H16N6O4. The van der Waals surface area contributed by atoms with E-state index in [-0.39, 0.29) is 23.9 Å². The molecule has 28 heavy (non-hydrogen) atoms. The van der Waals surface area contributed by atoms with Gasteiger partial charge in [-0.15, -0.1) is 5.10 Å². The summed E-state index contributed by atoms with van der Waals surface area (Å²) in [5.74, 6) is -0.374. The first-order valence-electron chi connectivity index (χ1n) is 8.22. The number of non-ortho nitro benzene ring substituents is 1. The number of hydrogen-bond donors (Lipinski definition) is 1. The number of hydrogen-bond acceptors (Lipinski definition) is 7. The first kappa shape index (κ1) is 18.7. The molecule has 0 saturated heterocycles. The average Bonchev–Trinajstić information content (AvgIpc) is 3.14. The number of nitrogens with one attached hydrogen (secondary N) is 1. The third-order valence-electron chi connectivity index (χ3n) is 3.69. The summed E-state index contributed by atoms with van der Waals surface area (Å²) in [5, 5.41) is 25.0. The Morgan fingerprint density at radius 2 is 1.96 bits per heavy atom. The molecule has 1 N–H and O–H groups in total. The molecule has 0 unspecified atom stereocenters. The molecule has 3 aromatic rings. The van der Waals surface area contributed by atoms with E-state index in [0.29, 0.717) is 5.56 Å². The summed E-state index contributed by atoms with van der Waals surface area (Å²) in [5.41, 5.74) is 1.49. The number of benzene rings is 2. The van der Waals surface area contributed by atoms with E-state index in [9.17, 15) is 14.9 Å². The van der Waals surface area contributed by atoms with Crippen LogP contribution in [0.5, 0.6) is 5.88 Å². The molecule has 0 aliphatic carbocycles. The predicted molar refractivity (Wildman–Crippen MR) is 100 cm³/mol. The van der Waals surface area contributed by atoms with Crippen LogP contribution < -0.4 is 10.1 Å². The Kier molecular flexibility index (Phi) is 5.70. The number of amides is 1. The van der Waals surface area contributed by atoms with Gasteiger partial charge in [-0.3, -0.25) is 14.9 Å². The second-order valence-electron chi connectivity index (χ2n) is 5.58. The van der Waals surface area contributed by atoms with Crippen molar-refractivity contribution in [1.29, 1.82) is 0 Å². The third-order valence-corrected chi connectivity index (χ3v) is 3.69. The topological polar surface area (TPSA) is 125 Å². The van der Waals surface area contributed by atoms with E-state index < -0.39 is 10.8 Å². The van der Waals surface area contributed by atoms with Gasteiger partial charge in [0.1, 0.15) is 6.61 Å². The van der Waals surface area contributed by atoms with E-state index in [0.717, 1.165) is 10.4 Å². The summed E-state index contributed by atoms with van der Waals surface area (Å²) < 4.78 is 5.73. The molecule has 2 aromatic carbocycles. The summed E-state index contributed by atoms with van der Waals surface area (Å²) in [7, 11) is 1.47. The van der Waals surface area contributed by atoms with Crippen LogP contribution >= 0.6 is 0 Å². The van der Waals surface area contributed by atoms with Gasteiger partial charge in [0, 0.05) is 19.2 Å². The molecule has 1 heterocycles. The molecule has 1 amide bonds. The maximum atomic E-state index is 12.0. The van der Waals surface area contributed by atoms with Gasteiger partial charge in [-0.1, -0.05) is 35.1 Å². The quantitative estimate of drug-likeness (QED) is 0.380. The summed E-state index contributed by atoms with van der Waals surface area (Å²) in [6.07, 6.45) is 1.43. The van der Waals surface area contributed by atoms with E-state index in [1.165, 1.54) is 25.4 Å². The van der Waals surface area contributed by atoms with Crippen molar-refractivity contribution in [2.75, 3.05) is 7.05 Å². The molecule has 3 rings (SSSR count). The van der Waals surface area contributed by atoms with Crippen molar-refractivity contribution in [3.05, 3.63) is 81.5 Å². The molecule has 10 nitrogen and oxygen atoms in total. The zero-order chi connectivity index (χ0) is 19.9. The predicted octanol–water partition coefficient (Wildman–Crippen LogP) is 2.01. The monoisotopic (exact) mass is 380 g/mol. The zero-order valence-electron chi connectivity index (χ0n) is 14.8. The highest BCUT2D eigenvalue weighted by Crippen LogP contribution is 2.18. The van der Waals surface area contributed by atoms with Gasteiger partial charge in [-0.25, -0.2) is 0 Å². The minimum absolute atomic E-state index is 0.000666. The van der Waals surface area contributed by atoms with Gasteiger partial charge in [0.2, 0.25) is 5.69 Å². The zero-order valence-corrected chi connectivity index (χ0v) is 14.8. The Hall–Kier alpha value is -4.08. The second kappa shape index (κ2) is 8.54. The fourth-order valence-corrected chi connectivity index (χ4v) is 2.26. The smallest absolute Gasteiger partial charge is 0.277 e.